The molecule has 22 heavy (non-hydrogen) atoms. The summed E-state index contributed by atoms with van der Waals surface area (Å²) < 4.78 is 0. The van der Waals surface area contributed by atoms with Crippen LogP contribution >= 0.6 is 0 Å². The third kappa shape index (κ3) is 1.68. The minimum Gasteiger partial charge on any atom is -0.390 e. The summed E-state index contributed by atoms with van der Waals surface area (Å²) in [5.74, 6) is 2.15. The average molecular weight is 300 g/mol. The molecule has 1 N–H and O–H groups in total. The van der Waals surface area contributed by atoms with Crippen molar-refractivity contribution in [3.8, 4) is 0 Å². The molecule has 0 amide bonds. The van der Waals surface area contributed by atoms with Gasteiger partial charge in [-0.3, -0.25) is 4.79 Å². The highest BCUT2D eigenvalue weighted by atomic mass is 16.3. The van der Waals surface area contributed by atoms with Crippen LogP contribution in [0.25, 0.3) is 0 Å². The van der Waals surface area contributed by atoms with E-state index in [0.29, 0.717) is 17.8 Å². The Labute approximate surface area is 133 Å². The lowest BCUT2D eigenvalue weighted by Gasteiger charge is -2.57. The minimum atomic E-state index is -0.502. The number of allylic oxidation sites excluding steroid dienone is 4. The highest BCUT2D eigenvalue weighted by Gasteiger charge is 2.61. The first-order chi connectivity index (χ1) is 10.3. The molecule has 4 rings (SSSR count). The van der Waals surface area contributed by atoms with Gasteiger partial charge in [-0.1, -0.05) is 25.5 Å². The molecule has 0 radical (unpaired) electrons. The lowest BCUT2D eigenvalue weighted by Crippen LogP contribution is -2.53. The van der Waals surface area contributed by atoms with Crippen molar-refractivity contribution in [3.05, 3.63) is 23.8 Å². The maximum atomic E-state index is 11.7. The molecule has 0 aromatic heterocycles. The SMILES string of the molecule is C[C@]12C=CC(=O)C=C1CC[C@@H]1[C@H]2CC[C@@]2(C)[C@@H]1CC[C@]2(C)O. The van der Waals surface area contributed by atoms with Crippen molar-refractivity contribution in [2.45, 2.75) is 64.9 Å². The van der Waals surface area contributed by atoms with Gasteiger partial charge >= 0.3 is 0 Å². The van der Waals surface area contributed by atoms with Crippen molar-refractivity contribution in [2.75, 3.05) is 0 Å². The molecule has 0 saturated heterocycles. The summed E-state index contributed by atoms with van der Waals surface area (Å²) in [6, 6.07) is 0. The van der Waals surface area contributed by atoms with Gasteiger partial charge in [0.25, 0.3) is 0 Å². The Morgan fingerprint density at radius 1 is 1.09 bits per heavy atom. The van der Waals surface area contributed by atoms with Crippen molar-refractivity contribution in [3.63, 3.8) is 0 Å². The maximum Gasteiger partial charge on any atom is 0.178 e. The van der Waals surface area contributed by atoms with E-state index in [1.54, 1.807) is 6.08 Å². The second-order valence-corrected chi connectivity index (χ2v) is 8.87. The smallest absolute Gasteiger partial charge is 0.178 e. The van der Waals surface area contributed by atoms with Crippen LogP contribution in [0.5, 0.6) is 0 Å². The van der Waals surface area contributed by atoms with Crippen LogP contribution in [0.2, 0.25) is 0 Å². The van der Waals surface area contributed by atoms with Crippen molar-refractivity contribution < 1.29 is 9.90 Å². The van der Waals surface area contributed by atoms with E-state index >= 15 is 0 Å². The van der Waals surface area contributed by atoms with Crippen molar-refractivity contribution in [2.24, 2.45) is 28.6 Å². The number of fused-ring (bicyclic) bond motifs is 5. The monoisotopic (exact) mass is 300 g/mol. The number of ketones is 1. The molecule has 4 aliphatic rings. The second kappa shape index (κ2) is 4.35. The first-order valence-corrected chi connectivity index (χ1v) is 8.95. The van der Waals surface area contributed by atoms with E-state index in [2.05, 4.69) is 26.8 Å². The Morgan fingerprint density at radius 3 is 2.59 bits per heavy atom. The van der Waals surface area contributed by atoms with Gasteiger partial charge in [-0.15, -0.1) is 0 Å². The van der Waals surface area contributed by atoms with Crippen LogP contribution in [-0.2, 0) is 4.79 Å². The molecular formula is C20H28O2. The Balaban J connectivity index is 1.71. The lowest BCUT2D eigenvalue weighted by atomic mass is 9.47. The Hall–Kier alpha value is -0.890. The van der Waals surface area contributed by atoms with Crippen molar-refractivity contribution in [1.29, 1.82) is 0 Å². The van der Waals surface area contributed by atoms with E-state index in [1.165, 1.54) is 24.8 Å². The summed E-state index contributed by atoms with van der Waals surface area (Å²) in [6.07, 6.45) is 12.5. The fourth-order valence-electron chi connectivity index (χ4n) is 6.44. The molecule has 0 unspecified atom stereocenters. The lowest BCUT2D eigenvalue weighted by molar-refractivity contribution is -0.114. The number of hydrogen-bond donors (Lipinski definition) is 1. The van der Waals surface area contributed by atoms with Gasteiger partial charge in [0.2, 0.25) is 0 Å². The van der Waals surface area contributed by atoms with Gasteiger partial charge in [0, 0.05) is 5.41 Å². The third-order valence-electron chi connectivity index (χ3n) is 8.12. The van der Waals surface area contributed by atoms with Crippen LogP contribution in [0, 0.1) is 28.6 Å². The van der Waals surface area contributed by atoms with Gasteiger partial charge in [-0.05, 0) is 80.8 Å². The van der Waals surface area contributed by atoms with Gasteiger partial charge in [0.15, 0.2) is 5.78 Å². The zero-order valence-corrected chi connectivity index (χ0v) is 14.1. The molecule has 0 aliphatic heterocycles. The third-order valence-corrected chi connectivity index (χ3v) is 8.12. The van der Waals surface area contributed by atoms with E-state index in [0.717, 1.165) is 19.3 Å². The van der Waals surface area contributed by atoms with Gasteiger partial charge in [-0.2, -0.15) is 0 Å². The number of aliphatic hydroxyl groups is 1. The summed E-state index contributed by atoms with van der Waals surface area (Å²) in [6.45, 7) is 6.73. The normalized spacial score (nSPS) is 53.5. The molecule has 2 heteroatoms. The second-order valence-electron chi connectivity index (χ2n) is 8.87. The molecule has 0 spiro atoms. The van der Waals surface area contributed by atoms with Gasteiger partial charge < -0.3 is 5.11 Å². The molecule has 0 aromatic rings. The molecule has 120 valence electrons. The first-order valence-electron chi connectivity index (χ1n) is 8.95. The van der Waals surface area contributed by atoms with Gasteiger partial charge in [0.05, 0.1) is 5.60 Å². The summed E-state index contributed by atoms with van der Waals surface area (Å²) >= 11 is 0. The standard InChI is InChI=1S/C20H28O2/c1-18-9-6-14(21)12-13(18)4-5-15-16(18)7-10-19(2)17(15)8-11-20(19,3)22/h6,9,12,15-17,22H,4-5,7-8,10-11H2,1-3H3/t15-,16-,17-,18+,19+,20+/m1/s1. The summed E-state index contributed by atoms with van der Waals surface area (Å²) in [4.78, 5) is 11.7. The number of carbonyl (C=O) groups excluding carboxylic acids is 1. The van der Waals surface area contributed by atoms with E-state index in [1.807, 2.05) is 6.08 Å². The summed E-state index contributed by atoms with van der Waals surface area (Å²) in [5.41, 5.74) is 1.01. The van der Waals surface area contributed by atoms with E-state index in [4.69, 9.17) is 0 Å². The van der Waals surface area contributed by atoms with Crippen LogP contribution in [0.4, 0.5) is 0 Å². The van der Waals surface area contributed by atoms with Crippen LogP contribution in [0.1, 0.15) is 59.3 Å². The topological polar surface area (TPSA) is 37.3 Å². The molecule has 0 aromatic carbocycles. The highest BCUT2D eigenvalue weighted by Crippen LogP contribution is 2.66. The first kappa shape index (κ1) is 14.7. The molecule has 4 aliphatic carbocycles. The van der Waals surface area contributed by atoms with Gasteiger partial charge in [0.1, 0.15) is 0 Å². The molecule has 2 nitrogen and oxygen atoms in total. The number of carbonyl (C=O) groups is 1. The van der Waals surface area contributed by atoms with E-state index in [-0.39, 0.29) is 16.6 Å². The molecule has 0 bridgehead atoms. The predicted octanol–water partition coefficient (Wildman–Crippen LogP) is 4.05. The zero-order valence-electron chi connectivity index (χ0n) is 14.1. The Kier molecular flexibility index (Phi) is 2.90. The largest absolute Gasteiger partial charge is 0.390 e. The van der Waals surface area contributed by atoms with Crippen LogP contribution in [0.15, 0.2) is 23.8 Å². The van der Waals surface area contributed by atoms with Crippen LogP contribution in [-0.4, -0.2) is 16.5 Å². The minimum absolute atomic E-state index is 0.0760. The van der Waals surface area contributed by atoms with Gasteiger partial charge in [-0.25, -0.2) is 0 Å². The van der Waals surface area contributed by atoms with Crippen molar-refractivity contribution in [1.82, 2.24) is 0 Å². The summed E-state index contributed by atoms with van der Waals surface area (Å²) in [7, 11) is 0. The molecular weight excluding hydrogens is 272 g/mol. The van der Waals surface area contributed by atoms with Crippen molar-refractivity contribution >= 4 is 5.78 Å². The molecule has 0 heterocycles. The Bertz CT molecular complexity index is 585. The average Bonchev–Trinajstić information content (AvgIpc) is 2.70. The van der Waals surface area contributed by atoms with E-state index in [9.17, 15) is 9.90 Å². The maximum absolute atomic E-state index is 11.7. The van der Waals surface area contributed by atoms with Crippen LogP contribution in [0.3, 0.4) is 0 Å². The van der Waals surface area contributed by atoms with Crippen LogP contribution < -0.4 is 0 Å². The number of rotatable bonds is 0. The molecule has 3 saturated carbocycles. The predicted molar refractivity (Wildman–Crippen MR) is 87.2 cm³/mol. The Morgan fingerprint density at radius 2 is 1.82 bits per heavy atom. The molecule has 3 fully saturated rings. The summed E-state index contributed by atoms with van der Waals surface area (Å²) in [5, 5.41) is 10.9. The van der Waals surface area contributed by atoms with E-state index < -0.39 is 5.60 Å². The quantitative estimate of drug-likeness (QED) is 0.733. The fraction of sp³-hybridized carbons (Fsp3) is 0.750. The number of hydrogen-bond acceptors (Lipinski definition) is 2. The zero-order chi connectivity index (χ0) is 15.8. The fourth-order valence-corrected chi connectivity index (χ4v) is 6.44. The molecule has 6 atom stereocenters. The highest BCUT2D eigenvalue weighted by molar-refractivity contribution is 6.01.